The maximum Gasteiger partial charge on any atom is 0.310 e. The van der Waals surface area contributed by atoms with Crippen molar-refractivity contribution in [2.45, 2.75) is 58.8 Å². The van der Waals surface area contributed by atoms with Crippen LogP contribution < -0.4 is 4.74 Å². The van der Waals surface area contributed by atoms with Gasteiger partial charge in [0.05, 0.1) is 18.7 Å². The fourth-order valence-corrected chi connectivity index (χ4v) is 5.56. The average Bonchev–Trinajstić information content (AvgIpc) is 3.27. The molecule has 0 N–H and O–H groups in total. The third-order valence-corrected chi connectivity index (χ3v) is 8.72. The summed E-state index contributed by atoms with van der Waals surface area (Å²) < 4.78 is 41.4. The van der Waals surface area contributed by atoms with Gasteiger partial charge in [0, 0.05) is 69.2 Å². The summed E-state index contributed by atoms with van der Waals surface area (Å²) in [5.41, 5.74) is 5.07. The Morgan fingerprint density at radius 2 is 1.88 bits per heavy atom. The molecule has 8 heteroatoms. The second-order valence-corrected chi connectivity index (χ2v) is 13.2. The maximum absolute atomic E-state index is 15.9. The molecular formula is C32H37FN2O4S. The van der Waals surface area contributed by atoms with E-state index in [-0.39, 0.29) is 23.7 Å². The van der Waals surface area contributed by atoms with Crippen LogP contribution in [0.25, 0.3) is 22.0 Å². The lowest BCUT2D eigenvalue weighted by Gasteiger charge is -2.18. The monoisotopic (exact) mass is 564 g/mol. The Morgan fingerprint density at radius 3 is 2.60 bits per heavy atom. The van der Waals surface area contributed by atoms with Crippen LogP contribution in [0.4, 0.5) is 4.39 Å². The predicted octanol–water partition coefficient (Wildman–Crippen LogP) is 6.46. The van der Waals surface area contributed by atoms with E-state index in [2.05, 4.69) is 4.98 Å². The Morgan fingerprint density at radius 1 is 1.10 bits per heavy atom. The molecule has 0 saturated heterocycles. The molecule has 1 atom stereocenters. The molecule has 0 aliphatic rings. The normalized spacial score (nSPS) is 12.5. The van der Waals surface area contributed by atoms with Crippen molar-refractivity contribution in [1.29, 1.82) is 0 Å². The molecule has 6 nitrogen and oxygen atoms in total. The predicted molar refractivity (Wildman–Crippen MR) is 158 cm³/mol. The van der Waals surface area contributed by atoms with Gasteiger partial charge in [0.25, 0.3) is 0 Å². The van der Waals surface area contributed by atoms with E-state index >= 15 is 4.39 Å². The molecule has 2 aromatic heterocycles. The number of nitrogens with zero attached hydrogens (tertiary/aromatic N) is 2. The van der Waals surface area contributed by atoms with Gasteiger partial charge in [-0.05, 0) is 81.6 Å². The Kier molecular flexibility index (Phi) is 9.08. The lowest BCUT2D eigenvalue weighted by atomic mass is 9.98. The number of carbonyl (C=O) groups excluding carboxylic acids is 1. The molecular weight excluding hydrogens is 527 g/mol. The molecule has 0 fully saturated rings. The number of aryl methyl sites for hydroxylation is 3. The van der Waals surface area contributed by atoms with Crippen molar-refractivity contribution >= 4 is 27.7 Å². The first-order chi connectivity index (χ1) is 19.0. The smallest absolute Gasteiger partial charge is 0.310 e. The van der Waals surface area contributed by atoms with E-state index < -0.39 is 16.6 Å². The van der Waals surface area contributed by atoms with Gasteiger partial charge >= 0.3 is 5.97 Å². The zero-order valence-corrected chi connectivity index (χ0v) is 24.9. The number of rotatable bonds is 10. The molecule has 212 valence electrons. The lowest BCUT2D eigenvalue weighted by Crippen LogP contribution is -2.25. The van der Waals surface area contributed by atoms with Crippen molar-refractivity contribution in [2.75, 3.05) is 12.4 Å². The molecule has 2 heterocycles. The first-order valence-electron chi connectivity index (χ1n) is 13.5. The zero-order valence-electron chi connectivity index (χ0n) is 24.0. The highest BCUT2D eigenvalue weighted by atomic mass is 32.2. The van der Waals surface area contributed by atoms with Crippen LogP contribution in [0.3, 0.4) is 0 Å². The second-order valence-electron chi connectivity index (χ2n) is 10.9. The molecule has 0 saturated carbocycles. The summed E-state index contributed by atoms with van der Waals surface area (Å²) in [5.74, 6) is 0.257. The van der Waals surface area contributed by atoms with Crippen molar-refractivity contribution in [2.24, 2.45) is 7.05 Å². The van der Waals surface area contributed by atoms with Gasteiger partial charge in [0.15, 0.2) is 5.82 Å². The highest BCUT2D eigenvalue weighted by Crippen LogP contribution is 2.34. The third kappa shape index (κ3) is 6.78. The summed E-state index contributed by atoms with van der Waals surface area (Å²) >= 11 is 0. The van der Waals surface area contributed by atoms with E-state index in [0.717, 1.165) is 33.2 Å². The van der Waals surface area contributed by atoms with E-state index in [1.807, 2.05) is 81.9 Å². The Hall–Kier alpha value is -3.52. The van der Waals surface area contributed by atoms with Gasteiger partial charge in [-0.25, -0.2) is 4.39 Å². The minimum absolute atomic E-state index is 0.122. The summed E-state index contributed by atoms with van der Waals surface area (Å²) in [4.78, 5) is 16.4. The molecule has 0 amide bonds. The Balaban J connectivity index is 1.66. The molecule has 0 aliphatic heterocycles. The van der Waals surface area contributed by atoms with E-state index in [1.165, 1.54) is 0 Å². The van der Waals surface area contributed by atoms with Crippen molar-refractivity contribution in [1.82, 2.24) is 9.55 Å². The number of fused-ring (bicyclic) bond motifs is 1. The summed E-state index contributed by atoms with van der Waals surface area (Å²) in [7, 11) is 0.844. The third-order valence-electron chi connectivity index (χ3n) is 6.78. The molecule has 2 aromatic carbocycles. The van der Waals surface area contributed by atoms with Gasteiger partial charge in [-0.3, -0.25) is 14.0 Å². The summed E-state index contributed by atoms with van der Waals surface area (Å²) in [6.45, 7) is 10.1. The average molecular weight is 565 g/mol. The summed E-state index contributed by atoms with van der Waals surface area (Å²) in [6.07, 6.45) is 3.97. The number of esters is 1. The Labute approximate surface area is 238 Å². The number of pyridine rings is 1. The van der Waals surface area contributed by atoms with Crippen LogP contribution in [0, 0.1) is 12.7 Å². The number of hydrogen-bond donors (Lipinski definition) is 0. The lowest BCUT2D eigenvalue weighted by molar-refractivity contribution is -0.142. The molecule has 0 spiro atoms. The van der Waals surface area contributed by atoms with Crippen LogP contribution in [-0.4, -0.2) is 36.8 Å². The number of aromatic nitrogens is 2. The van der Waals surface area contributed by atoms with Crippen molar-refractivity contribution in [3.63, 3.8) is 0 Å². The van der Waals surface area contributed by atoms with E-state index in [1.54, 1.807) is 19.2 Å². The molecule has 4 rings (SSSR count). The van der Waals surface area contributed by atoms with Crippen LogP contribution in [0.2, 0.25) is 0 Å². The highest BCUT2D eigenvalue weighted by Gasteiger charge is 2.21. The number of benzene rings is 2. The van der Waals surface area contributed by atoms with E-state index in [0.29, 0.717) is 35.8 Å². The second kappa shape index (κ2) is 12.3. The summed E-state index contributed by atoms with van der Waals surface area (Å²) in [6, 6.07) is 13.4. The number of ether oxygens (including phenoxy) is 2. The SMILES string of the molecule is CCOC(=O)Cc1ccc(C)cc1OCc1cc(-c2ccnc(CC[S@@](=O)C(C)(C)C)c2F)c2ccn(C)c2c1. The highest BCUT2D eigenvalue weighted by molar-refractivity contribution is 7.86. The molecule has 40 heavy (non-hydrogen) atoms. The van der Waals surface area contributed by atoms with Crippen molar-refractivity contribution in [3.8, 4) is 16.9 Å². The van der Waals surface area contributed by atoms with Gasteiger partial charge in [-0.2, -0.15) is 0 Å². The van der Waals surface area contributed by atoms with Gasteiger partial charge in [-0.1, -0.05) is 12.1 Å². The molecule has 0 unspecified atom stereocenters. The van der Waals surface area contributed by atoms with Gasteiger partial charge < -0.3 is 14.0 Å². The van der Waals surface area contributed by atoms with Crippen LogP contribution in [-0.2, 0) is 46.8 Å². The van der Waals surface area contributed by atoms with E-state index in [4.69, 9.17) is 9.47 Å². The number of halogens is 1. The van der Waals surface area contributed by atoms with Crippen LogP contribution in [0.5, 0.6) is 5.75 Å². The first-order valence-corrected chi connectivity index (χ1v) is 14.8. The first kappa shape index (κ1) is 29.5. The minimum Gasteiger partial charge on any atom is -0.489 e. The van der Waals surface area contributed by atoms with Crippen LogP contribution >= 0.6 is 0 Å². The number of hydrogen-bond acceptors (Lipinski definition) is 5. The molecule has 0 radical (unpaired) electrons. The zero-order chi connectivity index (χ0) is 29.0. The Bertz CT molecular complexity index is 1550. The molecule has 4 aromatic rings. The van der Waals surface area contributed by atoms with Crippen molar-refractivity contribution < 1.29 is 22.9 Å². The maximum atomic E-state index is 15.9. The summed E-state index contributed by atoms with van der Waals surface area (Å²) in [5, 5.41) is 0.916. The fourth-order valence-electron chi connectivity index (χ4n) is 4.57. The van der Waals surface area contributed by atoms with Crippen LogP contribution in [0.15, 0.2) is 54.9 Å². The minimum atomic E-state index is -1.11. The topological polar surface area (TPSA) is 70.4 Å². The fraction of sp³-hybridized carbons (Fsp3) is 0.375. The largest absolute Gasteiger partial charge is 0.489 e. The van der Waals surface area contributed by atoms with Gasteiger partial charge in [0.1, 0.15) is 12.4 Å². The van der Waals surface area contributed by atoms with Crippen LogP contribution in [0.1, 0.15) is 50.1 Å². The van der Waals surface area contributed by atoms with E-state index in [9.17, 15) is 9.00 Å². The number of carbonyl (C=O) groups is 1. The molecule has 0 bridgehead atoms. The van der Waals surface area contributed by atoms with Gasteiger partial charge in [-0.15, -0.1) is 0 Å². The molecule has 0 aliphatic carbocycles. The van der Waals surface area contributed by atoms with Gasteiger partial charge in [0.2, 0.25) is 0 Å². The van der Waals surface area contributed by atoms with Crippen molar-refractivity contribution in [3.05, 3.63) is 83.1 Å². The quantitative estimate of drug-likeness (QED) is 0.207. The standard InChI is InChI=1S/C32H37FN2O4S/c1-7-38-30(36)19-23-9-8-21(2)16-29(23)39-20-22-17-26(24-11-14-35(6)28(24)18-22)25-10-13-34-27(31(25)33)12-15-40(37)32(3,4)5/h8-11,13-14,16-18H,7,12,15,19-20H2,1-6H3/t40-/m1/s1.